The summed E-state index contributed by atoms with van der Waals surface area (Å²) in [7, 11) is 1.58. The van der Waals surface area contributed by atoms with Crippen LogP contribution in [0.4, 0.5) is 0 Å². The topological polar surface area (TPSA) is 77.5 Å². The maximum atomic E-state index is 12.0. The molecule has 0 saturated carbocycles. The first-order chi connectivity index (χ1) is 11.5. The Morgan fingerprint density at radius 2 is 1.96 bits per heavy atom. The van der Waals surface area contributed by atoms with Crippen molar-refractivity contribution in [2.75, 3.05) is 7.11 Å². The van der Waals surface area contributed by atoms with Crippen LogP contribution in [0.5, 0.6) is 5.75 Å². The number of nitrogens with zero attached hydrogens (tertiary/aromatic N) is 1. The molecule has 1 atom stereocenters. The highest BCUT2D eigenvalue weighted by molar-refractivity contribution is 6.32. The third-order valence-corrected chi connectivity index (χ3v) is 3.56. The molecule has 0 bridgehead atoms. The van der Waals surface area contributed by atoms with Gasteiger partial charge in [-0.2, -0.15) is 0 Å². The number of methoxy groups -OCH3 is 1. The minimum atomic E-state index is -0.952. The van der Waals surface area contributed by atoms with Gasteiger partial charge in [0.15, 0.2) is 6.10 Å². The van der Waals surface area contributed by atoms with E-state index < -0.39 is 18.0 Å². The van der Waals surface area contributed by atoms with Crippen LogP contribution in [0.3, 0.4) is 0 Å². The molecule has 0 spiro atoms. The Bertz CT molecular complexity index is 719. The van der Waals surface area contributed by atoms with Crippen molar-refractivity contribution >= 4 is 23.5 Å². The lowest BCUT2D eigenvalue weighted by molar-refractivity contribution is -0.129. The molecule has 126 valence electrons. The molecule has 24 heavy (non-hydrogen) atoms. The molecule has 1 heterocycles. The fourth-order valence-corrected chi connectivity index (χ4v) is 2.09. The van der Waals surface area contributed by atoms with Crippen molar-refractivity contribution < 1.29 is 19.1 Å². The van der Waals surface area contributed by atoms with E-state index in [2.05, 4.69) is 10.3 Å². The fraction of sp³-hybridized carbons (Fsp3) is 0.235. The van der Waals surface area contributed by atoms with Crippen LogP contribution in [0.1, 0.15) is 22.8 Å². The van der Waals surface area contributed by atoms with Gasteiger partial charge in [-0.15, -0.1) is 0 Å². The number of carbonyl (C=O) groups excluding carboxylic acids is 2. The summed E-state index contributed by atoms with van der Waals surface area (Å²) in [4.78, 5) is 27.8. The van der Waals surface area contributed by atoms with E-state index in [0.717, 1.165) is 11.3 Å². The van der Waals surface area contributed by atoms with Gasteiger partial charge in [0.05, 0.1) is 12.7 Å². The summed E-state index contributed by atoms with van der Waals surface area (Å²) in [6.45, 7) is 1.81. The van der Waals surface area contributed by atoms with Gasteiger partial charge in [-0.25, -0.2) is 9.78 Å². The number of halogens is 1. The second-order valence-electron chi connectivity index (χ2n) is 4.96. The molecular formula is C17H17ClN2O4. The molecule has 2 aromatic rings. The van der Waals surface area contributed by atoms with Gasteiger partial charge in [-0.3, -0.25) is 4.79 Å². The average Bonchev–Trinajstić information content (AvgIpc) is 2.60. The lowest BCUT2D eigenvalue weighted by Gasteiger charge is -2.14. The Labute approximate surface area is 144 Å². The number of carbonyl (C=O) groups is 2. The summed E-state index contributed by atoms with van der Waals surface area (Å²) in [5.41, 5.74) is 1.02. The van der Waals surface area contributed by atoms with Gasteiger partial charge >= 0.3 is 5.97 Å². The number of nitrogens with one attached hydrogen (secondary N) is 1. The minimum Gasteiger partial charge on any atom is -0.497 e. The number of amides is 1. The van der Waals surface area contributed by atoms with Gasteiger partial charge < -0.3 is 14.8 Å². The lowest BCUT2D eigenvalue weighted by Crippen LogP contribution is -2.35. The van der Waals surface area contributed by atoms with E-state index in [-0.39, 0.29) is 10.7 Å². The normalized spacial score (nSPS) is 11.5. The quantitative estimate of drug-likeness (QED) is 0.641. The van der Waals surface area contributed by atoms with Gasteiger partial charge in [-0.1, -0.05) is 23.7 Å². The van der Waals surface area contributed by atoms with E-state index in [9.17, 15) is 9.59 Å². The number of hydrogen-bond acceptors (Lipinski definition) is 5. The average molecular weight is 349 g/mol. The highest BCUT2D eigenvalue weighted by Gasteiger charge is 2.20. The summed E-state index contributed by atoms with van der Waals surface area (Å²) < 4.78 is 10.2. The molecule has 6 nitrogen and oxygen atoms in total. The second kappa shape index (κ2) is 8.31. The molecule has 0 unspecified atom stereocenters. The van der Waals surface area contributed by atoms with Crippen LogP contribution in [-0.4, -0.2) is 30.1 Å². The van der Waals surface area contributed by atoms with Gasteiger partial charge in [0.2, 0.25) is 0 Å². The molecule has 0 fully saturated rings. The first-order valence-corrected chi connectivity index (χ1v) is 7.61. The van der Waals surface area contributed by atoms with Crippen molar-refractivity contribution in [2.24, 2.45) is 0 Å². The molecule has 0 aliphatic heterocycles. The number of rotatable bonds is 6. The molecule has 0 radical (unpaired) electrons. The van der Waals surface area contributed by atoms with Crippen LogP contribution in [0.2, 0.25) is 5.15 Å². The molecule has 0 saturated heterocycles. The Morgan fingerprint density at radius 1 is 1.25 bits per heavy atom. The Morgan fingerprint density at radius 3 is 2.58 bits per heavy atom. The number of hydrogen-bond donors (Lipinski definition) is 1. The largest absolute Gasteiger partial charge is 0.497 e. The zero-order valence-electron chi connectivity index (χ0n) is 13.3. The van der Waals surface area contributed by atoms with Gasteiger partial charge in [0, 0.05) is 12.7 Å². The predicted octanol–water partition coefficient (Wildman–Crippen LogP) is 2.61. The van der Waals surface area contributed by atoms with Crippen molar-refractivity contribution in [3.05, 3.63) is 58.9 Å². The molecule has 0 aliphatic carbocycles. The maximum Gasteiger partial charge on any atom is 0.342 e. The van der Waals surface area contributed by atoms with Crippen molar-refractivity contribution in [1.29, 1.82) is 0 Å². The molecule has 1 N–H and O–H groups in total. The van der Waals surface area contributed by atoms with Crippen molar-refractivity contribution in [1.82, 2.24) is 10.3 Å². The van der Waals surface area contributed by atoms with E-state index in [1.165, 1.54) is 19.2 Å². The molecule has 1 aromatic carbocycles. The number of ether oxygens (including phenoxy) is 2. The van der Waals surface area contributed by atoms with Gasteiger partial charge in [-0.05, 0) is 36.8 Å². The second-order valence-corrected chi connectivity index (χ2v) is 5.31. The molecule has 1 amide bonds. The molecular weight excluding hydrogens is 332 g/mol. The van der Waals surface area contributed by atoms with Crippen LogP contribution < -0.4 is 10.1 Å². The standard InChI is InChI=1S/C17H17ClN2O4/c1-11(24-17(22)14-4-3-9-19-15(14)18)16(21)20-10-12-5-7-13(23-2)8-6-12/h3-9,11H,10H2,1-2H3,(H,20,21)/t11-/m1/s1. The molecule has 7 heteroatoms. The van der Waals surface area contributed by atoms with Crippen LogP contribution >= 0.6 is 11.6 Å². The third-order valence-electron chi connectivity index (χ3n) is 3.26. The van der Waals surface area contributed by atoms with Gasteiger partial charge in [0.1, 0.15) is 10.9 Å². The smallest absolute Gasteiger partial charge is 0.342 e. The summed E-state index contributed by atoms with van der Waals surface area (Å²) in [5.74, 6) is -0.361. The lowest BCUT2D eigenvalue weighted by atomic mass is 10.2. The van der Waals surface area contributed by atoms with E-state index in [1.54, 1.807) is 25.3 Å². The van der Waals surface area contributed by atoms with Crippen LogP contribution in [0, 0.1) is 0 Å². The third kappa shape index (κ3) is 4.70. The monoisotopic (exact) mass is 348 g/mol. The highest BCUT2D eigenvalue weighted by Crippen LogP contribution is 2.14. The van der Waals surface area contributed by atoms with E-state index in [1.807, 2.05) is 12.1 Å². The predicted molar refractivity (Wildman–Crippen MR) is 89.0 cm³/mol. The summed E-state index contributed by atoms with van der Waals surface area (Å²) >= 11 is 5.83. The summed E-state index contributed by atoms with van der Waals surface area (Å²) in [5, 5.41) is 2.74. The van der Waals surface area contributed by atoms with Crippen molar-refractivity contribution in [2.45, 2.75) is 19.6 Å². The Balaban J connectivity index is 1.87. The Kier molecular flexibility index (Phi) is 6.14. The van der Waals surface area contributed by atoms with Crippen LogP contribution in [-0.2, 0) is 16.1 Å². The first-order valence-electron chi connectivity index (χ1n) is 7.23. The van der Waals surface area contributed by atoms with Crippen molar-refractivity contribution in [3.8, 4) is 5.75 Å². The zero-order chi connectivity index (χ0) is 17.5. The zero-order valence-corrected chi connectivity index (χ0v) is 14.0. The first kappa shape index (κ1) is 17.7. The van der Waals surface area contributed by atoms with Crippen LogP contribution in [0.15, 0.2) is 42.6 Å². The Hall–Kier alpha value is -2.60. The number of benzene rings is 1. The van der Waals surface area contributed by atoms with Crippen LogP contribution in [0.25, 0.3) is 0 Å². The summed E-state index contributed by atoms with van der Waals surface area (Å²) in [6, 6.07) is 10.3. The maximum absolute atomic E-state index is 12.0. The van der Waals surface area contributed by atoms with E-state index >= 15 is 0 Å². The fourth-order valence-electron chi connectivity index (χ4n) is 1.89. The summed E-state index contributed by atoms with van der Waals surface area (Å²) in [6.07, 6.45) is 0.511. The molecule has 2 rings (SSSR count). The minimum absolute atomic E-state index is 0.0355. The van der Waals surface area contributed by atoms with E-state index in [4.69, 9.17) is 21.1 Å². The highest BCUT2D eigenvalue weighted by atomic mass is 35.5. The molecule has 0 aliphatic rings. The van der Waals surface area contributed by atoms with Gasteiger partial charge in [0.25, 0.3) is 5.91 Å². The number of aromatic nitrogens is 1. The molecule has 1 aromatic heterocycles. The number of pyridine rings is 1. The number of esters is 1. The van der Waals surface area contributed by atoms with E-state index in [0.29, 0.717) is 6.54 Å². The SMILES string of the molecule is COc1ccc(CNC(=O)[C@@H](C)OC(=O)c2cccnc2Cl)cc1. The van der Waals surface area contributed by atoms with Crippen molar-refractivity contribution in [3.63, 3.8) is 0 Å².